The number of carbonyl (C=O) groups excluding carboxylic acids is 1. The van der Waals surface area contributed by atoms with Crippen molar-refractivity contribution in [3.63, 3.8) is 0 Å². The van der Waals surface area contributed by atoms with Crippen LogP contribution < -0.4 is 0 Å². The van der Waals surface area contributed by atoms with Crippen molar-refractivity contribution in [1.82, 2.24) is 4.90 Å². The Bertz CT molecular complexity index is 331. The first-order valence-electron chi connectivity index (χ1n) is 6.70. The minimum Gasteiger partial charge on any atom is -0.481 e. The summed E-state index contributed by atoms with van der Waals surface area (Å²) in [7, 11) is 0. The number of ether oxygens (including phenoxy) is 1. The van der Waals surface area contributed by atoms with E-state index >= 15 is 0 Å². The Hall–Kier alpha value is -1.10. The summed E-state index contributed by atoms with van der Waals surface area (Å²) in [6.45, 7) is 4.11. The van der Waals surface area contributed by atoms with Crippen LogP contribution in [0.4, 0.5) is 0 Å². The summed E-state index contributed by atoms with van der Waals surface area (Å²) in [4.78, 5) is 24.7. The fourth-order valence-electron chi connectivity index (χ4n) is 2.89. The van der Waals surface area contributed by atoms with Gasteiger partial charge < -0.3 is 14.7 Å². The molecular weight excluding hydrogens is 234 g/mol. The summed E-state index contributed by atoms with van der Waals surface area (Å²) in [6.07, 6.45) is 2.65. The van der Waals surface area contributed by atoms with E-state index in [0.717, 1.165) is 25.9 Å². The van der Waals surface area contributed by atoms with Crippen molar-refractivity contribution >= 4 is 11.9 Å². The van der Waals surface area contributed by atoms with Gasteiger partial charge in [0.15, 0.2) is 0 Å². The molecule has 0 aromatic heterocycles. The smallest absolute Gasteiger partial charge is 0.303 e. The van der Waals surface area contributed by atoms with E-state index in [9.17, 15) is 9.59 Å². The number of hydrogen-bond donors (Lipinski definition) is 1. The van der Waals surface area contributed by atoms with Crippen LogP contribution in [0.25, 0.3) is 0 Å². The molecule has 0 aromatic carbocycles. The first-order valence-corrected chi connectivity index (χ1v) is 6.70. The number of carbonyl (C=O) groups is 2. The number of carboxylic acids is 1. The lowest BCUT2D eigenvalue weighted by Crippen LogP contribution is -2.37. The van der Waals surface area contributed by atoms with Crippen LogP contribution in [0.5, 0.6) is 0 Å². The predicted octanol–water partition coefficient (Wildman–Crippen LogP) is 1.12. The van der Waals surface area contributed by atoms with Crippen LogP contribution in [0.1, 0.15) is 32.6 Å². The minimum absolute atomic E-state index is 0.00298. The molecule has 3 unspecified atom stereocenters. The van der Waals surface area contributed by atoms with E-state index in [1.807, 2.05) is 11.8 Å². The first kappa shape index (κ1) is 13.3. The molecule has 0 aromatic rings. The zero-order valence-electron chi connectivity index (χ0n) is 10.8. The number of rotatable bonds is 4. The molecule has 2 saturated heterocycles. The Morgan fingerprint density at radius 2 is 2.17 bits per heavy atom. The molecule has 2 heterocycles. The molecular formula is C13H21NO4. The average Bonchev–Trinajstić information content (AvgIpc) is 2.94. The lowest BCUT2D eigenvalue weighted by atomic mass is 10.0. The maximum Gasteiger partial charge on any atom is 0.303 e. The zero-order chi connectivity index (χ0) is 13.1. The molecule has 3 atom stereocenters. The molecule has 0 radical (unpaired) electrons. The second kappa shape index (κ2) is 5.69. The highest BCUT2D eigenvalue weighted by molar-refractivity contribution is 5.80. The van der Waals surface area contributed by atoms with Gasteiger partial charge in [0.05, 0.1) is 12.0 Å². The van der Waals surface area contributed by atoms with Crippen molar-refractivity contribution in [2.75, 3.05) is 19.7 Å². The third-order valence-corrected chi connectivity index (χ3v) is 4.06. The van der Waals surface area contributed by atoms with Gasteiger partial charge in [-0.2, -0.15) is 0 Å². The standard InChI is InChI=1S/C13H21NO4/c1-9-11(5-7-18-9)13(17)14-6-4-10(8-14)2-3-12(15)16/h9-11H,2-8H2,1H3,(H,15,16). The van der Waals surface area contributed by atoms with Crippen molar-refractivity contribution in [2.24, 2.45) is 11.8 Å². The Kier molecular flexibility index (Phi) is 4.22. The molecule has 5 heteroatoms. The van der Waals surface area contributed by atoms with Crippen LogP contribution in [-0.4, -0.2) is 47.7 Å². The highest BCUT2D eigenvalue weighted by Crippen LogP contribution is 2.27. The predicted molar refractivity (Wildman–Crippen MR) is 65.1 cm³/mol. The highest BCUT2D eigenvalue weighted by Gasteiger charge is 2.36. The largest absolute Gasteiger partial charge is 0.481 e. The number of aliphatic carboxylic acids is 1. The minimum atomic E-state index is -0.752. The topological polar surface area (TPSA) is 66.8 Å². The molecule has 1 amide bonds. The van der Waals surface area contributed by atoms with Crippen molar-refractivity contribution in [1.29, 1.82) is 0 Å². The van der Waals surface area contributed by atoms with Crippen LogP contribution in [0.3, 0.4) is 0 Å². The van der Waals surface area contributed by atoms with Crippen LogP contribution in [0.15, 0.2) is 0 Å². The quantitative estimate of drug-likeness (QED) is 0.817. The van der Waals surface area contributed by atoms with E-state index in [1.54, 1.807) is 0 Å². The number of carboxylic acid groups (broad SMARTS) is 1. The molecule has 2 rings (SSSR count). The number of amides is 1. The second-order valence-corrected chi connectivity index (χ2v) is 5.34. The molecule has 18 heavy (non-hydrogen) atoms. The van der Waals surface area contributed by atoms with Gasteiger partial charge in [0.1, 0.15) is 0 Å². The molecule has 0 bridgehead atoms. The maximum absolute atomic E-state index is 12.3. The zero-order valence-corrected chi connectivity index (χ0v) is 10.8. The summed E-state index contributed by atoms with van der Waals surface area (Å²) < 4.78 is 5.43. The van der Waals surface area contributed by atoms with Crippen molar-refractivity contribution in [3.8, 4) is 0 Å². The van der Waals surface area contributed by atoms with Gasteiger partial charge in [-0.15, -0.1) is 0 Å². The third-order valence-electron chi connectivity index (χ3n) is 4.06. The van der Waals surface area contributed by atoms with E-state index in [-0.39, 0.29) is 24.3 Å². The van der Waals surface area contributed by atoms with Crippen LogP contribution in [0, 0.1) is 11.8 Å². The fourth-order valence-corrected chi connectivity index (χ4v) is 2.89. The lowest BCUT2D eigenvalue weighted by Gasteiger charge is -2.22. The molecule has 2 aliphatic rings. The van der Waals surface area contributed by atoms with Crippen molar-refractivity contribution in [2.45, 2.75) is 38.7 Å². The number of likely N-dealkylation sites (tertiary alicyclic amines) is 1. The van der Waals surface area contributed by atoms with Crippen molar-refractivity contribution in [3.05, 3.63) is 0 Å². The monoisotopic (exact) mass is 255 g/mol. The normalized spacial score (nSPS) is 31.8. The molecule has 102 valence electrons. The van der Waals surface area contributed by atoms with E-state index in [0.29, 0.717) is 18.9 Å². The Morgan fingerprint density at radius 3 is 2.78 bits per heavy atom. The Balaban J connectivity index is 1.81. The molecule has 5 nitrogen and oxygen atoms in total. The van der Waals surface area contributed by atoms with Crippen LogP contribution in [-0.2, 0) is 14.3 Å². The van der Waals surface area contributed by atoms with E-state index in [1.165, 1.54) is 0 Å². The summed E-state index contributed by atoms with van der Waals surface area (Å²) in [5.41, 5.74) is 0. The summed E-state index contributed by atoms with van der Waals surface area (Å²) in [5, 5.41) is 8.66. The van der Waals surface area contributed by atoms with Gasteiger partial charge in [-0.25, -0.2) is 0 Å². The van der Waals surface area contributed by atoms with Crippen LogP contribution >= 0.6 is 0 Å². The average molecular weight is 255 g/mol. The van der Waals surface area contributed by atoms with Gasteiger partial charge in [-0.3, -0.25) is 9.59 Å². The molecule has 0 saturated carbocycles. The molecule has 0 aliphatic carbocycles. The summed E-state index contributed by atoms with van der Waals surface area (Å²) in [6, 6.07) is 0. The summed E-state index contributed by atoms with van der Waals surface area (Å²) in [5.74, 6) is -0.207. The van der Waals surface area contributed by atoms with Gasteiger partial charge in [0, 0.05) is 26.1 Å². The molecule has 0 spiro atoms. The van der Waals surface area contributed by atoms with Gasteiger partial charge in [0.2, 0.25) is 5.91 Å². The first-order chi connectivity index (χ1) is 8.58. The highest BCUT2D eigenvalue weighted by atomic mass is 16.5. The molecule has 1 N–H and O–H groups in total. The van der Waals surface area contributed by atoms with E-state index in [4.69, 9.17) is 9.84 Å². The van der Waals surface area contributed by atoms with E-state index in [2.05, 4.69) is 0 Å². The van der Waals surface area contributed by atoms with E-state index < -0.39 is 5.97 Å². The Morgan fingerprint density at radius 1 is 1.39 bits per heavy atom. The molecule has 2 aliphatic heterocycles. The second-order valence-electron chi connectivity index (χ2n) is 5.34. The molecule has 2 fully saturated rings. The summed E-state index contributed by atoms with van der Waals surface area (Å²) >= 11 is 0. The number of nitrogens with zero attached hydrogens (tertiary/aromatic N) is 1. The fraction of sp³-hybridized carbons (Fsp3) is 0.846. The van der Waals surface area contributed by atoms with Gasteiger partial charge in [0.25, 0.3) is 0 Å². The maximum atomic E-state index is 12.3. The SMILES string of the molecule is CC1OCCC1C(=O)N1CCC(CCC(=O)O)C1. The third kappa shape index (κ3) is 3.02. The van der Waals surface area contributed by atoms with Crippen molar-refractivity contribution < 1.29 is 19.4 Å². The van der Waals surface area contributed by atoms with Gasteiger partial charge in [-0.05, 0) is 32.1 Å². The van der Waals surface area contributed by atoms with Crippen LogP contribution in [0.2, 0.25) is 0 Å². The lowest BCUT2D eigenvalue weighted by molar-refractivity contribution is -0.137. The van der Waals surface area contributed by atoms with Gasteiger partial charge >= 0.3 is 5.97 Å². The van der Waals surface area contributed by atoms with Gasteiger partial charge in [-0.1, -0.05) is 0 Å². The number of hydrogen-bond acceptors (Lipinski definition) is 3. The Labute approximate surface area is 107 Å².